The minimum Gasteiger partial charge on any atom is -0.508 e. The van der Waals surface area contributed by atoms with Gasteiger partial charge in [-0.15, -0.1) is 0 Å². The highest BCUT2D eigenvalue weighted by molar-refractivity contribution is 8.27. The average molecular weight is 348 g/mol. The number of aromatic hydroxyl groups is 1. The number of phenolic OH excluding ortho intramolecular Hbond substituents is 1. The third-order valence-corrected chi connectivity index (χ3v) is 4.74. The molecule has 2 aromatic carbocycles. The van der Waals surface area contributed by atoms with Gasteiger partial charge in [0.25, 0.3) is 5.91 Å². The van der Waals surface area contributed by atoms with E-state index in [0.717, 1.165) is 5.56 Å². The first-order chi connectivity index (χ1) is 10.6. The molecule has 110 valence electrons. The van der Waals surface area contributed by atoms with Gasteiger partial charge in [-0.05, 0) is 42.0 Å². The van der Waals surface area contributed by atoms with E-state index in [1.54, 1.807) is 24.3 Å². The van der Waals surface area contributed by atoms with Crippen LogP contribution in [0.25, 0.3) is 6.08 Å². The second-order valence-electron chi connectivity index (χ2n) is 4.56. The first kappa shape index (κ1) is 15.1. The lowest BCUT2D eigenvalue weighted by Gasteiger charge is -2.14. The van der Waals surface area contributed by atoms with Gasteiger partial charge in [0.05, 0.1) is 10.6 Å². The van der Waals surface area contributed by atoms with Gasteiger partial charge in [-0.3, -0.25) is 9.69 Å². The zero-order valence-electron chi connectivity index (χ0n) is 11.2. The van der Waals surface area contributed by atoms with E-state index in [1.165, 1.54) is 28.8 Å². The van der Waals surface area contributed by atoms with Crippen molar-refractivity contribution in [1.82, 2.24) is 0 Å². The summed E-state index contributed by atoms with van der Waals surface area (Å²) >= 11 is 12.6. The van der Waals surface area contributed by atoms with Crippen molar-refractivity contribution in [3.8, 4) is 5.75 Å². The molecule has 1 aliphatic rings. The second-order valence-corrected chi connectivity index (χ2v) is 6.64. The minimum atomic E-state index is -0.194. The largest absolute Gasteiger partial charge is 0.508 e. The summed E-state index contributed by atoms with van der Waals surface area (Å²) in [7, 11) is 0. The van der Waals surface area contributed by atoms with Crippen LogP contribution >= 0.6 is 35.6 Å². The topological polar surface area (TPSA) is 40.5 Å². The fraction of sp³-hybridized carbons (Fsp3) is 0. The molecule has 0 saturated carbocycles. The van der Waals surface area contributed by atoms with Gasteiger partial charge in [0.1, 0.15) is 5.75 Å². The number of amides is 1. The van der Waals surface area contributed by atoms with Gasteiger partial charge in [-0.25, -0.2) is 0 Å². The number of benzene rings is 2. The summed E-state index contributed by atoms with van der Waals surface area (Å²) in [6, 6.07) is 13.7. The summed E-state index contributed by atoms with van der Waals surface area (Å²) in [5.74, 6) is -0.0543. The molecule has 3 rings (SSSR count). The van der Waals surface area contributed by atoms with Crippen molar-refractivity contribution in [3.05, 3.63) is 64.0 Å². The van der Waals surface area contributed by atoms with Crippen molar-refractivity contribution in [2.24, 2.45) is 0 Å². The fourth-order valence-electron chi connectivity index (χ4n) is 2.03. The Balaban J connectivity index is 1.95. The molecule has 3 nitrogen and oxygen atoms in total. The molecular weight excluding hydrogens is 338 g/mol. The molecule has 0 bridgehead atoms. The maximum Gasteiger partial charge on any atom is 0.270 e. The van der Waals surface area contributed by atoms with E-state index < -0.39 is 0 Å². The van der Waals surface area contributed by atoms with Crippen LogP contribution in [0.5, 0.6) is 5.75 Å². The van der Waals surface area contributed by atoms with E-state index in [2.05, 4.69) is 0 Å². The van der Waals surface area contributed by atoms with E-state index in [0.29, 0.717) is 19.9 Å². The van der Waals surface area contributed by atoms with Crippen LogP contribution in [-0.2, 0) is 4.79 Å². The third-order valence-electron chi connectivity index (χ3n) is 3.09. The Hall–Kier alpha value is -1.82. The van der Waals surface area contributed by atoms with Gasteiger partial charge in [0, 0.05) is 5.02 Å². The van der Waals surface area contributed by atoms with Crippen molar-refractivity contribution in [3.63, 3.8) is 0 Å². The third kappa shape index (κ3) is 2.88. The van der Waals surface area contributed by atoms with Gasteiger partial charge in [0.2, 0.25) is 0 Å². The molecule has 1 N–H and O–H groups in total. The van der Waals surface area contributed by atoms with Crippen LogP contribution in [0.1, 0.15) is 5.56 Å². The molecule has 1 saturated heterocycles. The SMILES string of the molecule is O=C1C(=Cc2ccccc2Cl)SC(=S)N1c1ccc(O)cc1. The molecule has 1 heterocycles. The number of carbonyl (C=O) groups excluding carboxylic acids is 1. The van der Waals surface area contributed by atoms with Crippen LogP contribution in [-0.4, -0.2) is 15.3 Å². The van der Waals surface area contributed by atoms with E-state index >= 15 is 0 Å². The Morgan fingerprint density at radius 1 is 1.14 bits per heavy atom. The lowest BCUT2D eigenvalue weighted by Crippen LogP contribution is -2.27. The maximum atomic E-state index is 12.6. The van der Waals surface area contributed by atoms with Crippen molar-refractivity contribution in [1.29, 1.82) is 0 Å². The molecule has 1 amide bonds. The Labute approximate surface area is 142 Å². The number of phenols is 1. The second kappa shape index (κ2) is 6.12. The van der Waals surface area contributed by atoms with Gasteiger partial charge in [0.15, 0.2) is 4.32 Å². The molecule has 1 aliphatic heterocycles. The zero-order valence-corrected chi connectivity index (χ0v) is 13.6. The van der Waals surface area contributed by atoms with Gasteiger partial charge >= 0.3 is 0 Å². The molecular formula is C16H10ClNO2S2. The smallest absolute Gasteiger partial charge is 0.270 e. The van der Waals surface area contributed by atoms with Gasteiger partial charge in [-0.2, -0.15) is 0 Å². The molecule has 0 unspecified atom stereocenters. The Kier molecular flexibility index (Phi) is 4.20. The zero-order chi connectivity index (χ0) is 15.7. The predicted octanol–water partition coefficient (Wildman–Crippen LogP) is 4.45. The highest BCUT2D eigenvalue weighted by Gasteiger charge is 2.33. The van der Waals surface area contributed by atoms with Crippen molar-refractivity contribution < 1.29 is 9.90 Å². The first-order valence-electron chi connectivity index (χ1n) is 6.38. The summed E-state index contributed by atoms with van der Waals surface area (Å²) < 4.78 is 0.453. The molecule has 1 fully saturated rings. The van der Waals surface area contributed by atoms with E-state index in [-0.39, 0.29) is 11.7 Å². The number of thiocarbonyl (C=S) groups is 1. The molecule has 0 aliphatic carbocycles. The molecule has 22 heavy (non-hydrogen) atoms. The van der Waals surface area contributed by atoms with Crippen LogP contribution in [0.4, 0.5) is 5.69 Å². The van der Waals surface area contributed by atoms with Crippen LogP contribution in [0.15, 0.2) is 53.4 Å². The van der Waals surface area contributed by atoms with E-state index in [4.69, 9.17) is 23.8 Å². The lowest BCUT2D eigenvalue weighted by molar-refractivity contribution is -0.113. The molecule has 0 atom stereocenters. The van der Waals surface area contributed by atoms with Crippen LogP contribution in [0.3, 0.4) is 0 Å². The monoisotopic (exact) mass is 347 g/mol. The van der Waals surface area contributed by atoms with E-state index in [9.17, 15) is 9.90 Å². The Morgan fingerprint density at radius 3 is 2.50 bits per heavy atom. The Morgan fingerprint density at radius 2 is 1.82 bits per heavy atom. The number of hydrogen-bond acceptors (Lipinski definition) is 4. The minimum absolute atomic E-state index is 0.140. The van der Waals surface area contributed by atoms with Crippen LogP contribution in [0, 0.1) is 0 Å². The molecule has 2 aromatic rings. The average Bonchev–Trinajstić information content (AvgIpc) is 2.77. The van der Waals surface area contributed by atoms with Crippen LogP contribution < -0.4 is 4.90 Å². The van der Waals surface area contributed by atoms with Crippen molar-refractivity contribution in [2.75, 3.05) is 4.90 Å². The van der Waals surface area contributed by atoms with Crippen molar-refractivity contribution >= 4 is 57.6 Å². The van der Waals surface area contributed by atoms with Crippen molar-refractivity contribution in [2.45, 2.75) is 0 Å². The number of thioether (sulfide) groups is 1. The summed E-state index contributed by atoms with van der Waals surface area (Å²) in [5, 5.41) is 9.92. The quantitative estimate of drug-likeness (QED) is 0.643. The first-order valence-corrected chi connectivity index (χ1v) is 7.98. The standard InChI is InChI=1S/C16H10ClNO2S2/c17-13-4-2-1-3-10(13)9-14-15(20)18(16(21)22-14)11-5-7-12(19)8-6-11/h1-9,19H. The maximum absolute atomic E-state index is 12.6. The molecule has 6 heteroatoms. The van der Waals surface area contributed by atoms with Crippen LogP contribution in [0.2, 0.25) is 5.02 Å². The fourth-order valence-corrected chi connectivity index (χ4v) is 3.51. The Bertz CT molecular complexity index is 787. The lowest BCUT2D eigenvalue weighted by atomic mass is 10.2. The number of rotatable bonds is 2. The highest BCUT2D eigenvalue weighted by Crippen LogP contribution is 2.37. The summed E-state index contributed by atoms with van der Waals surface area (Å²) in [6.07, 6.45) is 1.74. The summed E-state index contributed by atoms with van der Waals surface area (Å²) in [6.45, 7) is 0. The number of nitrogens with zero attached hydrogens (tertiary/aromatic N) is 1. The predicted molar refractivity (Wildman–Crippen MR) is 95.2 cm³/mol. The normalized spacial score (nSPS) is 16.6. The number of hydrogen-bond donors (Lipinski definition) is 1. The number of anilines is 1. The van der Waals surface area contributed by atoms with Gasteiger partial charge < -0.3 is 5.11 Å². The molecule has 0 spiro atoms. The summed E-state index contributed by atoms with van der Waals surface area (Å²) in [5.41, 5.74) is 1.40. The molecule has 0 radical (unpaired) electrons. The molecule has 0 aromatic heterocycles. The van der Waals surface area contributed by atoms with Gasteiger partial charge in [-0.1, -0.05) is 53.8 Å². The number of halogens is 1. The summed E-state index contributed by atoms with van der Waals surface area (Å²) in [4.78, 5) is 14.5. The number of carbonyl (C=O) groups is 1. The highest BCUT2D eigenvalue weighted by atomic mass is 35.5. The van der Waals surface area contributed by atoms with E-state index in [1.807, 2.05) is 18.2 Å².